The number of nitrogens with zero attached hydrogens (tertiary/aromatic N) is 4. The van der Waals surface area contributed by atoms with Gasteiger partial charge in [-0.15, -0.1) is 0 Å². The molecule has 1 aliphatic heterocycles. The van der Waals surface area contributed by atoms with Gasteiger partial charge < -0.3 is 5.32 Å². The van der Waals surface area contributed by atoms with E-state index in [1.807, 2.05) is 0 Å². The molecule has 1 N–H and O–H groups in total. The molecule has 29 heavy (non-hydrogen) atoms. The number of aromatic nitrogens is 4. The third-order valence-electron chi connectivity index (χ3n) is 5.42. The summed E-state index contributed by atoms with van der Waals surface area (Å²) in [5.74, 6) is -0.294. The second kappa shape index (κ2) is 6.35. The highest BCUT2D eigenvalue weighted by Crippen LogP contribution is 2.40. The molecule has 1 aromatic carbocycles. The quantitative estimate of drug-likeness (QED) is 0.484. The van der Waals surface area contributed by atoms with E-state index in [0.717, 1.165) is 9.13 Å². The van der Waals surface area contributed by atoms with Gasteiger partial charge in [-0.05, 0) is 17.7 Å². The Kier molecular flexibility index (Phi) is 4.16. The fraction of sp³-hybridized carbons (Fsp3) is 0.263. The summed E-state index contributed by atoms with van der Waals surface area (Å²) >= 11 is 6.02. The number of hydrogen-bond donors (Lipinski definition) is 1. The van der Waals surface area contributed by atoms with E-state index in [2.05, 4.69) is 5.32 Å². The average molecular weight is 416 g/mol. The predicted octanol–water partition coefficient (Wildman–Crippen LogP) is 0.372. The van der Waals surface area contributed by atoms with Crippen molar-refractivity contribution in [3.05, 3.63) is 87.7 Å². The Morgan fingerprint density at radius 3 is 1.55 bits per heavy atom. The van der Waals surface area contributed by atoms with Crippen molar-refractivity contribution >= 4 is 23.2 Å². The molecule has 0 radical (unpaired) electrons. The number of benzene rings is 1. The van der Waals surface area contributed by atoms with Crippen LogP contribution in [0.3, 0.4) is 0 Å². The minimum atomic E-state index is -0.783. The highest BCUT2D eigenvalue weighted by Gasteiger charge is 2.36. The normalized spacial score (nSPS) is 13.0. The first-order valence-corrected chi connectivity index (χ1v) is 9.15. The van der Waals surface area contributed by atoms with Crippen molar-refractivity contribution in [1.82, 2.24) is 18.3 Å². The minimum absolute atomic E-state index is 0.244. The summed E-state index contributed by atoms with van der Waals surface area (Å²) < 4.78 is 4.59. The van der Waals surface area contributed by atoms with Crippen LogP contribution in [-0.2, 0) is 28.2 Å². The van der Waals surface area contributed by atoms with Crippen LogP contribution in [0.2, 0.25) is 5.02 Å². The molecule has 4 rings (SSSR count). The predicted molar refractivity (Wildman–Crippen MR) is 110 cm³/mol. The van der Waals surface area contributed by atoms with Gasteiger partial charge in [0.15, 0.2) is 0 Å². The number of hydrogen-bond acceptors (Lipinski definition) is 5. The standard InChI is InChI=1S/C19H18ClN5O4/c1-22-14-12(16(26)24(3)18(22)28)11(9-5-7-10(20)8-6-9)13-15(21-14)23(2)19(29)25(4)17(13)27/h5-8,11,21H,1-4H3. The SMILES string of the molecule is Cn1c2c(c(=O)n(C)c1=O)C(c1ccc(Cl)cc1)c1c(n(C)c(=O)n(C)c1=O)N2. The smallest absolute Gasteiger partial charge is 0.327 e. The van der Waals surface area contributed by atoms with Gasteiger partial charge in [0.05, 0.1) is 17.0 Å². The van der Waals surface area contributed by atoms with Gasteiger partial charge in [-0.3, -0.25) is 27.9 Å². The number of fused-ring (bicyclic) bond motifs is 2. The third-order valence-corrected chi connectivity index (χ3v) is 5.67. The zero-order valence-corrected chi connectivity index (χ0v) is 16.9. The summed E-state index contributed by atoms with van der Waals surface area (Å²) in [6.45, 7) is 0. The second-order valence-corrected chi connectivity index (χ2v) is 7.48. The van der Waals surface area contributed by atoms with Crippen molar-refractivity contribution in [1.29, 1.82) is 0 Å². The lowest BCUT2D eigenvalue weighted by Gasteiger charge is -2.31. The minimum Gasteiger partial charge on any atom is -0.327 e. The third kappa shape index (κ3) is 2.54. The Bertz CT molecular complexity index is 1320. The maximum absolute atomic E-state index is 13.1. The summed E-state index contributed by atoms with van der Waals surface area (Å²) in [7, 11) is 5.82. The highest BCUT2D eigenvalue weighted by atomic mass is 35.5. The number of rotatable bonds is 1. The lowest BCUT2D eigenvalue weighted by Crippen LogP contribution is -2.47. The molecule has 0 aliphatic carbocycles. The molecule has 3 heterocycles. The largest absolute Gasteiger partial charge is 0.332 e. The summed E-state index contributed by atoms with van der Waals surface area (Å²) in [6, 6.07) is 6.77. The Balaban J connectivity index is 2.23. The van der Waals surface area contributed by atoms with Gasteiger partial charge in [0.1, 0.15) is 11.6 Å². The molecule has 0 bridgehead atoms. The molecule has 9 nitrogen and oxygen atoms in total. The van der Waals surface area contributed by atoms with E-state index < -0.39 is 28.4 Å². The van der Waals surface area contributed by atoms with Crippen molar-refractivity contribution in [3.8, 4) is 0 Å². The first-order chi connectivity index (χ1) is 13.6. The first-order valence-electron chi connectivity index (χ1n) is 8.77. The van der Waals surface area contributed by atoms with Gasteiger partial charge in [-0.25, -0.2) is 9.59 Å². The highest BCUT2D eigenvalue weighted by molar-refractivity contribution is 6.30. The molecule has 0 fully saturated rings. The van der Waals surface area contributed by atoms with Crippen LogP contribution >= 0.6 is 11.6 Å². The van der Waals surface area contributed by atoms with E-state index in [1.165, 1.54) is 37.3 Å². The monoisotopic (exact) mass is 415 g/mol. The lowest BCUT2D eigenvalue weighted by atomic mass is 9.84. The molecule has 0 saturated heterocycles. The molecule has 150 valence electrons. The first kappa shape index (κ1) is 19.0. The van der Waals surface area contributed by atoms with Crippen molar-refractivity contribution < 1.29 is 0 Å². The summed E-state index contributed by atoms with van der Waals surface area (Å²) in [6.07, 6.45) is 0. The second-order valence-electron chi connectivity index (χ2n) is 7.05. The van der Waals surface area contributed by atoms with Gasteiger partial charge in [-0.2, -0.15) is 0 Å². The molecular formula is C19H18ClN5O4. The van der Waals surface area contributed by atoms with E-state index >= 15 is 0 Å². The Labute approximate surface area is 169 Å². The number of nitrogens with one attached hydrogen (secondary N) is 1. The maximum atomic E-state index is 13.1. The van der Waals surface area contributed by atoms with E-state index in [0.29, 0.717) is 10.6 Å². The van der Waals surface area contributed by atoms with Crippen molar-refractivity contribution in [2.24, 2.45) is 28.2 Å². The van der Waals surface area contributed by atoms with Crippen LogP contribution in [0.25, 0.3) is 0 Å². The summed E-state index contributed by atoms with van der Waals surface area (Å²) in [5, 5.41) is 3.48. The van der Waals surface area contributed by atoms with Crippen LogP contribution < -0.4 is 27.8 Å². The van der Waals surface area contributed by atoms with E-state index in [9.17, 15) is 19.2 Å². The molecule has 10 heteroatoms. The zero-order valence-electron chi connectivity index (χ0n) is 16.2. The van der Waals surface area contributed by atoms with Crippen molar-refractivity contribution in [2.75, 3.05) is 5.32 Å². The van der Waals surface area contributed by atoms with Crippen LogP contribution in [0, 0.1) is 0 Å². The number of halogens is 1. The fourth-order valence-corrected chi connectivity index (χ4v) is 3.93. The Hall–Kier alpha value is -3.33. The summed E-state index contributed by atoms with van der Waals surface area (Å²) in [5.41, 5.74) is -0.929. The molecule has 3 aromatic rings. The number of anilines is 2. The molecule has 2 aromatic heterocycles. The van der Waals surface area contributed by atoms with Crippen molar-refractivity contribution in [3.63, 3.8) is 0 Å². The zero-order chi connectivity index (χ0) is 21.2. The Morgan fingerprint density at radius 1 is 0.724 bits per heavy atom. The average Bonchev–Trinajstić information content (AvgIpc) is 2.72. The van der Waals surface area contributed by atoms with E-state index in [1.54, 1.807) is 24.3 Å². The molecule has 1 aliphatic rings. The summed E-state index contributed by atoms with van der Waals surface area (Å²) in [4.78, 5) is 51.1. The van der Waals surface area contributed by atoms with E-state index in [4.69, 9.17) is 11.6 Å². The molecule has 0 unspecified atom stereocenters. The fourth-order valence-electron chi connectivity index (χ4n) is 3.81. The van der Waals surface area contributed by atoms with Crippen LogP contribution in [0.5, 0.6) is 0 Å². The maximum Gasteiger partial charge on any atom is 0.332 e. The van der Waals surface area contributed by atoms with Gasteiger partial charge in [0.2, 0.25) is 0 Å². The van der Waals surface area contributed by atoms with E-state index in [-0.39, 0.29) is 22.8 Å². The van der Waals surface area contributed by atoms with Gasteiger partial charge in [0, 0.05) is 33.2 Å². The van der Waals surface area contributed by atoms with Crippen LogP contribution in [0.1, 0.15) is 22.6 Å². The lowest BCUT2D eigenvalue weighted by molar-refractivity contribution is 0.637. The molecular weight excluding hydrogens is 398 g/mol. The van der Waals surface area contributed by atoms with Crippen LogP contribution in [-0.4, -0.2) is 18.3 Å². The van der Waals surface area contributed by atoms with Crippen molar-refractivity contribution in [2.45, 2.75) is 5.92 Å². The Morgan fingerprint density at radius 2 is 1.14 bits per heavy atom. The van der Waals surface area contributed by atoms with Gasteiger partial charge in [-0.1, -0.05) is 23.7 Å². The molecule has 0 saturated carbocycles. The topological polar surface area (TPSA) is 100 Å². The van der Waals surface area contributed by atoms with Crippen LogP contribution in [0.15, 0.2) is 43.4 Å². The van der Waals surface area contributed by atoms with Crippen LogP contribution in [0.4, 0.5) is 11.6 Å². The molecule has 0 amide bonds. The van der Waals surface area contributed by atoms with Gasteiger partial charge in [0.25, 0.3) is 11.1 Å². The molecule has 0 atom stereocenters. The van der Waals surface area contributed by atoms with Gasteiger partial charge >= 0.3 is 11.4 Å². The molecule has 0 spiro atoms.